The van der Waals surface area contributed by atoms with E-state index in [-0.39, 0.29) is 11.9 Å². The average molecular weight is 394 g/mol. The Balaban J connectivity index is 1.20. The lowest BCUT2D eigenvalue weighted by Gasteiger charge is -2.32. The van der Waals surface area contributed by atoms with Crippen LogP contribution in [0.15, 0.2) is 42.7 Å². The standard InChI is InChI=1S/C20H26N8O/c1-26-15-16(14-21-26)20(29)22-17-9-12-27(13-10-17)11-5-8-19-23-24-25-28(19)18-6-3-2-4-7-18/h2-4,6-7,14-15,17H,5,8-13H2,1H3,(H,22,29). The van der Waals surface area contributed by atoms with E-state index in [2.05, 4.69) is 30.8 Å². The maximum atomic E-state index is 12.3. The molecule has 0 spiro atoms. The number of piperidine rings is 1. The van der Waals surface area contributed by atoms with Gasteiger partial charge in [-0.1, -0.05) is 18.2 Å². The summed E-state index contributed by atoms with van der Waals surface area (Å²) < 4.78 is 3.45. The molecule has 152 valence electrons. The molecular weight excluding hydrogens is 368 g/mol. The van der Waals surface area contributed by atoms with Crippen LogP contribution in [0, 0.1) is 0 Å². The summed E-state index contributed by atoms with van der Waals surface area (Å²) >= 11 is 0. The predicted octanol–water partition coefficient (Wildman–Crippen LogP) is 1.22. The molecule has 4 rings (SSSR count). The summed E-state index contributed by atoms with van der Waals surface area (Å²) in [7, 11) is 1.81. The summed E-state index contributed by atoms with van der Waals surface area (Å²) in [5, 5.41) is 19.3. The van der Waals surface area contributed by atoms with Crippen LogP contribution in [0.4, 0.5) is 0 Å². The maximum Gasteiger partial charge on any atom is 0.254 e. The van der Waals surface area contributed by atoms with E-state index in [1.807, 2.05) is 37.4 Å². The summed E-state index contributed by atoms with van der Waals surface area (Å²) in [6.07, 6.45) is 7.11. The fraction of sp³-hybridized carbons (Fsp3) is 0.450. The zero-order valence-corrected chi connectivity index (χ0v) is 16.6. The first kappa shape index (κ1) is 19.3. The highest BCUT2D eigenvalue weighted by Gasteiger charge is 2.21. The number of rotatable bonds is 7. The number of amides is 1. The van der Waals surface area contributed by atoms with E-state index in [1.54, 1.807) is 21.8 Å². The van der Waals surface area contributed by atoms with Crippen molar-refractivity contribution in [3.63, 3.8) is 0 Å². The third-order valence-electron chi connectivity index (χ3n) is 5.30. The number of para-hydroxylation sites is 1. The Kier molecular flexibility index (Phi) is 5.95. The van der Waals surface area contributed by atoms with Crippen LogP contribution in [0.5, 0.6) is 0 Å². The zero-order valence-electron chi connectivity index (χ0n) is 16.6. The highest BCUT2D eigenvalue weighted by molar-refractivity contribution is 5.93. The predicted molar refractivity (Wildman–Crippen MR) is 108 cm³/mol. The van der Waals surface area contributed by atoms with Crippen LogP contribution < -0.4 is 5.32 Å². The van der Waals surface area contributed by atoms with Crippen LogP contribution >= 0.6 is 0 Å². The van der Waals surface area contributed by atoms with Gasteiger partial charge in [0.15, 0.2) is 5.82 Å². The van der Waals surface area contributed by atoms with Crippen molar-refractivity contribution in [1.29, 1.82) is 0 Å². The van der Waals surface area contributed by atoms with Crippen molar-refractivity contribution in [2.75, 3.05) is 19.6 Å². The van der Waals surface area contributed by atoms with Crippen LogP contribution in [0.1, 0.15) is 35.4 Å². The minimum Gasteiger partial charge on any atom is -0.349 e. The summed E-state index contributed by atoms with van der Waals surface area (Å²) in [6, 6.07) is 10.2. The quantitative estimate of drug-likeness (QED) is 0.648. The number of benzene rings is 1. The molecule has 1 aromatic carbocycles. The van der Waals surface area contributed by atoms with E-state index in [0.717, 1.165) is 56.8 Å². The molecule has 0 aliphatic carbocycles. The van der Waals surface area contributed by atoms with Crippen LogP contribution in [0.2, 0.25) is 0 Å². The van der Waals surface area contributed by atoms with Crippen molar-refractivity contribution in [1.82, 2.24) is 40.2 Å². The number of tetrazole rings is 1. The Hall–Kier alpha value is -3.07. The number of nitrogens with one attached hydrogen (secondary N) is 1. The van der Waals surface area contributed by atoms with Gasteiger partial charge in [0, 0.05) is 38.8 Å². The molecule has 3 aromatic rings. The first-order valence-corrected chi connectivity index (χ1v) is 10.0. The van der Waals surface area contributed by atoms with Gasteiger partial charge in [-0.2, -0.15) is 9.78 Å². The Bertz CT molecular complexity index is 927. The van der Waals surface area contributed by atoms with Crippen LogP contribution in [0.25, 0.3) is 5.69 Å². The van der Waals surface area contributed by atoms with E-state index < -0.39 is 0 Å². The summed E-state index contributed by atoms with van der Waals surface area (Å²) in [5.41, 5.74) is 1.60. The highest BCUT2D eigenvalue weighted by atomic mass is 16.1. The molecule has 0 unspecified atom stereocenters. The molecule has 1 amide bonds. The Labute approximate surface area is 169 Å². The molecule has 2 aromatic heterocycles. The highest BCUT2D eigenvalue weighted by Crippen LogP contribution is 2.13. The monoisotopic (exact) mass is 394 g/mol. The second kappa shape index (κ2) is 8.95. The summed E-state index contributed by atoms with van der Waals surface area (Å²) in [6.45, 7) is 2.98. The number of nitrogens with zero attached hydrogens (tertiary/aromatic N) is 7. The average Bonchev–Trinajstić information content (AvgIpc) is 3.39. The molecule has 1 aliphatic heterocycles. The first-order valence-electron chi connectivity index (χ1n) is 10.0. The maximum absolute atomic E-state index is 12.3. The molecule has 1 fully saturated rings. The van der Waals surface area contributed by atoms with Gasteiger partial charge in [-0.25, -0.2) is 0 Å². The normalized spacial score (nSPS) is 15.5. The van der Waals surface area contributed by atoms with E-state index in [4.69, 9.17) is 0 Å². The number of aryl methyl sites for hydroxylation is 2. The first-order chi connectivity index (χ1) is 14.2. The topological polar surface area (TPSA) is 93.8 Å². The molecule has 0 radical (unpaired) electrons. The van der Waals surface area contributed by atoms with Gasteiger partial charge in [0.1, 0.15) is 0 Å². The van der Waals surface area contributed by atoms with Gasteiger partial charge in [0.2, 0.25) is 0 Å². The smallest absolute Gasteiger partial charge is 0.254 e. The number of hydrogen-bond acceptors (Lipinski definition) is 6. The van der Waals surface area contributed by atoms with Crippen LogP contribution in [0.3, 0.4) is 0 Å². The molecule has 1 aliphatic rings. The lowest BCUT2D eigenvalue weighted by molar-refractivity contribution is 0.0910. The fourth-order valence-corrected chi connectivity index (χ4v) is 3.70. The lowest BCUT2D eigenvalue weighted by Crippen LogP contribution is -2.44. The summed E-state index contributed by atoms with van der Waals surface area (Å²) in [4.78, 5) is 14.7. The van der Waals surface area contributed by atoms with Crippen molar-refractivity contribution < 1.29 is 4.79 Å². The van der Waals surface area contributed by atoms with E-state index >= 15 is 0 Å². The van der Waals surface area contributed by atoms with Crippen LogP contribution in [-0.4, -0.2) is 66.5 Å². The lowest BCUT2D eigenvalue weighted by atomic mass is 10.0. The van der Waals surface area contributed by atoms with E-state index in [0.29, 0.717) is 5.56 Å². The minimum atomic E-state index is -0.0377. The molecule has 0 bridgehead atoms. The van der Waals surface area contributed by atoms with Gasteiger partial charge in [-0.05, 0) is 48.4 Å². The second-order valence-corrected chi connectivity index (χ2v) is 7.44. The Morgan fingerprint density at radius 1 is 1.21 bits per heavy atom. The number of hydrogen-bond donors (Lipinski definition) is 1. The third kappa shape index (κ3) is 4.86. The van der Waals surface area contributed by atoms with Crippen molar-refractivity contribution in [2.24, 2.45) is 7.05 Å². The Morgan fingerprint density at radius 2 is 2.00 bits per heavy atom. The van der Waals surface area contributed by atoms with Crippen LogP contribution in [-0.2, 0) is 13.5 Å². The molecular formula is C20H26N8O. The van der Waals surface area contributed by atoms with Gasteiger partial charge in [0.25, 0.3) is 5.91 Å². The molecule has 9 nitrogen and oxygen atoms in total. The van der Waals surface area contributed by atoms with E-state index in [9.17, 15) is 4.79 Å². The molecule has 29 heavy (non-hydrogen) atoms. The molecule has 3 heterocycles. The number of likely N-dealkylation sites (tertiary alicyclic amines) is 1. The molecule has 1 saturated heterocycles. The molecule has 0 atom stereocenters. The van der Waals surface area contributed by atoms with Crippen molar-refractivity contribution in [3.05, 3.63) is 54.1 Å². The molecule has 1 N–H and O–H groups in total. The zero-order chi connectivity index (χ0) is 20.1. The van der Waals surface area contributed by atoms with Gasteiger partial charge in [-0.3, -0.25) is 9.48 Å². The molecule has 9 heteroatoms. The minimum absolute atomic E-state index is 0.0377. The summed E-state index contributed by atoms with van der Waals surface area (Å²) in [5.74, 6) is 0.846. The SMILES string of the molecule is Cn1cc(C(=O)NC2CCN(CCCc3nnnn3-c3ccccc3)CC2)cn1. The van der Waals surface area contributed by atoms with Crippen molar-refractivity contribution in [3.8, 4) is 5.69 Å². The fourth-order valence-electron chi connectivity index (χ4n) is 3.70. The van der Waals surface area contributed by atoms with E-state index in [1.165, 1.54) is 0 Å². The number of carbonyl (C=O) groups is 1. The third-order valence-corrected chi connectivity index (χ3v) is 5.30. The molecule has 0 saturated carbocycles. The number of aromatic nitrogens is 6. The number of carbonyl (C=O) groups excluding carboxylic acids is 1. The van der Waals surface area contributed by atoms with Crippen molar-refractivity contribution in [2.45, 2.75) is 31.7 Å². The Morgan fingerprint density at radius 3 is 2.72 bits per heavy atom. The van der Waals surface area contributed by atoms with Gasteiger partial charge in [-0.15, -0.1) is 5.10 Å². The second-order valence-electron chi connectivity index (χ2n) is 7.44. The van der Waals surface area contributed by atoms with Gasteiger partial charge < -0.3 is 10.2 Å². The van der Waals surface area contributed by atoms with Gasteiger partial charge in [0.05, 0.1) is 17.4 Å². The largest absolute Gasteiger partial charge is 0.349 e. The van der Waals surface area contributed by atoms with Crippen molar-refractivity contribution >= 4 is 5.91 Å². The van der Waals surface area contributed by atoms with Gasteiger partial charge >= 0.3 is 0 Å².